The molecule has 0 bridgehead atoms. The molecule has 4 heteroatoms. The molecule has 0 fully saturated rings. The highest BCUT2D eigenvalue weighted by Crippen LogP contribution is 2.11. The second kappa shape index (κ2) is 3.74. The first-order valence-corrected chi connectivity index (χ1v) is 4.61. The van der Waals surface area contributed by atoms with Crippen LogP contribution in [0.2, 0.25) is 0 Å². The summed E-state index contributed by atoms with van der Waals surface area (Å²) < 4.78 is 1.90. The molecule has 2 rings (SSSR count). The van der Waals surface area contributed by atoms with Crippen molar-refractivity contribution in [2.45, 2.75) is 0 Å². The lowest BCUT2D eigenvalue weighted by Crippen LogP contribution is -2.24. The molecule has 0 saturated carbocycles. The Balaban J connectivity index is 2.41. The molecule has 0 atom stereocenters. The summed E-state index contributed by atoms with van der Waals surface area (Å²) in [6.45, 7) is 0. The highest BCUT2D eigenvalue weighted by Gasteiger charge is 2.12. The molecule has 0 spiro atoms. The van der Waals surface area contributed by atoms with E-state index in [2.05, 4.69) is 0 Å². The van der Waals surface area contributed by atoms with Gasteiger partial charge in [-0.25, -0.2) is 5.06 Å². The molecule has 0 radical (unpaired) electrons. The van der Waals surface area contributed by atoms with Crippen molar-refractivity contribution in [3.8, 4) is 0 Å². The van der Waals surface area contributed by atoms with Gasteiger partial charge < -0.3 is 4.40 Å². The molecule has 2 aromatic heterocycles. The van der Waals surface area contributed by atoms with Crippen molar-refractivity contribution in [1.82, 2.24) is 9.46 Å². The maximum Gasteiger partial charge on any atom is 0.278 e. The van der Waals surface area contributed by atoms with Crippen molar-refractivity contribution in [3.05, 3.63) is 42.2 Å². The molecule has 0 aromatic carbocycles. The minimum absolute atomic E-state index is 0.152. The monoisotopic (exact) mass is 204 g/mol. The summed E-state index contributed by atoms with van der Waals surface area (Å²) in [6.07, 6.45) is 3.69. The second-order valence-corrected chi connectivity index (χ2v) is 3.25. The molecule has 78 valence electrons. The topological polar surface area (TPSA) is 34.0 Å². The minimum atomic E-state index is -0.152. The largest absolute Gasteiger partial charge is 0.323 e. The van der Waals surface area contributed by atoms with E-state index < -0.39 is 0 Å². The van der Waals surface area contributed by atoms with Crippen LogP contribution >= 0.6 is 0 Å². The summed E-state index contributed by atoms with van der Waals surface area (Å²) in [7, 11) is 3.05. The van der Waals surface area contributed by atoms with Crippen LogP contribution in [0.1, 0.15) is 10.4 Å². The first-order valence-electron chi connectivity index (χ1n) is 4.61. The van der Waals surface area contributed by atoms with E-state index in [1.807, 2.05) is 34.9 Å². The van der Waals surface area contributed by atoms with Crippen LogP contribution in [-0.4, -0.2) is 29.5 Å². The highest BCUT2D eigenvalue weighted by molar-refractivity contribution is 5.94. The first-order chi connectivity index (χ1) is 7.22. The van der Waals surface area contributed by atoms with Gasteiger partial charge in [-0.3, -0.25) is 9.63 Å². The Morgan fingerprint density at radius 2 is 2.27 bits per heavy atom. The predicted molar refractivity (Wildman–Crippen MR) is 56.5 cm³/mol. The smallest absolute Gasteiger partial charge is 0.278 e. The quantitative estimate of drug-likeness (QED) is 0.696. The molecule has 15 heavy (non-hydrogen) atoms. The lowest BCUT2D eigenvalue weighted by atomic mass is 10.3. The van der Waals surface area contributed by atoms with Crippen molar-refractivity contribution in [2.75, 3.05) is 14.2 Å². The standard InChI is InChI=1S/C11H12N2O2/c1-12(15-2)11(14)9-7-10-5-3-4-6-13(10)8-9/h3-8H,1-2H3. The lowest BCUT2D eigenvalue weighted by molar-refractivity contribution is -0.0756. The van der Waals surface area contributed by atoms with Crippen LogP contribution in [0.5, 0.6) is 0 Å². The molecule has 1 amide bonds. The number of hydrogen-bond acceptors (Lipinski definition) is 2. The Morgan fingerprint density at radius 3 is 2.93 bits per heavy atom. The van der Waals surface area contributed by atoms with E-state index in [9.17, 15) is 4.79 Å². The Morgan fingerprint density at radius 1 is 1.47 bits per heavy atom. The zero-order valence-electron chi connectivity index (χ0n) is 8.68. The fraction of sp³-hybridized carbons (Fsp3) is 0.182. The zero-order chi connectivity index (χ0) is 10.8. The number of rotatable bonds is 2. The van der Waals surface area contributed by atoms with Crippen LogP contribution in [0, 0.1) is 0 Å². The van der Waals surface area contributed by atoms with Gasteiger partial charge in [0.2, 0.25) is 0 Å². The maximum absolute atomic E-state index is 11.7. The molecule has 0 aliphatic rings. The first kappa shape index (κ1) is 9.73. The van der Waals surface area contributed by atoms with Crippen molar-refractivity contribution < 1.29 is 9.63 Å². The van der Waals surface area contributed by atoms with Gasteiger partial charge in [0.05, 0.1) is 12.7 Å². The van der Waals surface area contributed by atoms with Gasteiger partial charge in [0.25, 0.3) is 5.91 Å². The number of pyridine rings is 1. The molecule has 0 N–H and O–H groups in total. The minimum Gasteiger partial charge on any atom is -0.323 e. The average Bonchev–Trinajstić information content (AvgIpc) is 2.70. The number of amides is 1. The Kier molecular flexibility index (Phi) is 2.43. The van der Waals surface area contributed by atoms with Crippen molar-refractivity contribution >= 4 is 11.4 Å². The lowest BCUT2D eigenvalue weighted by Gasteiger charge is -2.11. The molecule has 0 unspecified atom stereocenters. The second-order valence-electron chi connectivity index (χ2n) is 3.25. The number of nitrogens with zero attached hydrogens (tertiary/aromatic N) is 2. The number of aromatic nitrogens is 1. The van der Waals surface area contributed by atoms with Crippen LogP contribution in [-0.2, 0) is 4.84 Å². The predicted octanol–water partition coefficient (Wildman–Crippen LogP) is 1.57. The summed E-state index contributed by atoms with van der Waals surface area (Å²) in [4.78, 5) is 16.6. The molecule has 2 heterocycles. The average molecular weight is 204 g/mol. The number of carbonyl (C=O) groups excluding carboxylic acids is 1. The molecule has 0 saturated heterocycles. The zero-order valence-corrected chi connectivity index (χ0v) is 8.68. The van der Waals surface area contributed by atoms with Gasteiger partial charge in [-0.15, -0.1) is 0 Å². The SMILES string of the molecule is CON(C)C(=O)c1cc2ccccn2c1. The van der Waals surface area contributed by atoms with Gasteiger partial charge in [-0.1, -0.05) is 6.07 Å². The van der Waals surface area contributed by atoms with Gasteiger partial charge >= 0.3 is 0 Å². The number of hydrogen-bond donors (Lipinski definition) is 0. The van der Waals surface area contributed by atoms with E-state index in [1.165, 1.54) is 12.2 Å². The molecular formula is C11H12N2O2. The molecule has 2 aromatic rings. The van der Waals surface area contributed by atoms with E-state index in [4.69, 9.17) is 4.84 Å². The molecule has 4 nitrogen and oxygen atoms in total. The van der Waals surface area contributed by atoms with Crippen LogP contribution in [0.3, 0.4) is 0 Å². The maximum atomic E-state index is 11.7. The van der Waals surface area contributed by atoms with Gasteiger partial charge in [-0.2, -0.15) is 0 Å². The highest BCUT2D eigenvalue weighted by atomic mass is 16.7. The number of hydroxylamine groups is 2. The summed E-state index contributed by atoms with van der Waals surface area (Å²) >= 11 is 0. The van der Waals surface area contributed by atoms with Crippen LogP contribution in [0.4, 0.5) is 0 Å². The van der Waals surface area contributed by atoms with E-state index in [-0.39, 0.29) is 5.91 Å². The Hall–Kier alpha value is -1.81. The number of fused-ring (bicyclic) bond motifs is 1. The molecular weight excluding hydrogens is 192 g/mol. The van der Waals surface area contributed by atoms with E-state index >= 15 is 0 Å². The van der Waals surface area contributed by atoms with E-state index in [0.717, 1.165) is 5.52 Å². The van der Waals surface area contributed by atoms with Crippen LogP contribution in [0.25, 0.3) is 5.52 Å². The summed E-state index contributed by atoms with van der Waals surface area (Å²) in [6, 6.07) is 7.63. The third kappa shape index (κ3) is 1.71. The summed E-state index contributed by atoms with van der Waals surface area (Å²) in [5.41, 5.74) is 1.61. The fourth-order valence-corrected chi connectivity index (χ4v) is 1.44. The van der Waals surface area contributed by atoms with Gasteiger partial charge in [0, 0.05) is 25.0 Å². The third-order valence-corrected chi connectivity index (χ3v) is 2.31. The van der Waals surface area contributed by atoms with E-state index in [0.29, 0.717) is 5.56 Å². The van der Waals surface area contributed by atoms with Crippen molar-refractivity contribution in [3.63, 3.8) is 0 Å². The normalized spacial score (nSPS) is 10.5. The van der Waals surface area contributed by atoms with Crippen LogP contribution in [0.15, 0.2) is 36.7 Å². The Bertz CT molecular complexity index is 457. The van der Waals surface area contributed by atoms with Gasteiger partial charge in [0.1, 0.15) is 0 Å². The third-order valence-electron chi connectivity index (χ3n) is 2.31. The van der Waals surface area contributed by atoms with Crippen LogP contribution < -0.4 is 0 Å². The number of carbonyl (C=O) groups is 1. The molecule has 0 aliphatic heterocycles. The Labute approximate surface area is 87.6 Å². The van der Waals surface area contributed by atoms with Gasteiger partial charge in [-0.05, 0) is 18.2 Å². The van der Waals surface area contributed by atoms with E-state index in [1.54, 1.807) is 13.2 Å². The molecule has 0 aliphatic carbocycles. The summed E-state index contributed by atoms with van der Waals surface area (Å²) in [5, 5.41) is 1.20. The van der Waals surface area contributed by atoms with Crippen molar-refractivity contribution in [1.29, 1.82) is 0 Å². The van der Waals surface area contributed by atoms with Gasteiger partial charge in [0.15, 0.2) is 0 Å². The van der Waals surface area contributed by atoms with Crippen molar-refractivity contribution in [2.24, 2.45) is 0 Å². The summed E-state index contributed by atoms with van der Waals surface area (Å²) in [5.74, 6) is -0.152. The fourth-order valence-electron chi connectivity index (χ4n) is 1.44.